The zero-order valence-corrected chi connectivity index (χ0v) is 11.4. The van der Waals surface area contributed by atoms with Crippen molar-refractivity contribution in [2.24, 2.45) is 0 Å². The summed E-state index contributed by atoms with van der Waals surface area (Å²) in [7, 11) is 1.96. The second kappa shape index (κ2) is 5.10. The summed E-state index contributed by atoms with van der Waals surface area (Å²) in [6, 6.07) is 13.2. The van der Waals surface area contributed by atoms with E-state index in [1.165, 1.54) is 11.6 Å². The van der Waals surface area contributed by atoms with Crippen molar-refractivity contribution in [3.63, 3.8) is 0 Å². The minimum atomic E-state index is -0.297. The van der Waals surface area contributed by atoms with E-state index in [0.717, 1.165) is 23.1 Å². The third-order valence-corrected chi connectivity index (χ3v) is 3.76. The smallest absolute Gasteiger partial charge is 0.125 e. The van der Waals surface area contributed by atoms with Gasteiger partial charge < -0.3 is 11.1 Å². The van der Waals surface area contributed by atoms with Gasteiger partial charge in [-0.05, 0) is 53.9 Å². The topological polar surface area (TPSA) is 38.0 Å². The molecule has 20 heavy (non-hydrogen) atoms. The fourth-order valence-corrected chi connectivity index (χ4v) is 2.83. The van der Waals surface area contributed by atoms with Gasteiger partial charge >= 0.3 is 0 Å². The molecule has 102 valence electrons. The first kappa shape index (κ1) is 12.9. The molecule has 0 radical (unpaired) electrons. The first-order valence-corrected chi connectivity index (χ1v) is 6.72. The van der Waals surface area contributed by atoms with Crippen LogP contribution in [0.5, 0.6) is 0 Å². The van der Waals surface area contributed by atoms with Crippen LogP contribution in [0.4, 0.5) is 10.1 Å². The Morgan fingerprint density at radius 1 is 1.20 bits per heavy atom. The summed E-state index contributed by atoms with van der Waals surface area (Å²) in [5.41, 5.74) is 10.5. The number of benzene rings is 2. The minimum Gasteiger partial charge on any atom is -0.399 e. The number of halogens is 1. The van der Waals surface area contributed by atoms with E-state index in [0.29, 0.717) is 11.7 Å². The standard InChI is InChI=1S/C17H17FN2/c1-20-17-7-6-14(15-4-2-3-5-16(15)17)11-8-12(18)10-13(19)9-11/h2-6,8-10,17,20H,7,19H2,1H3. The number of nitrogens with two attached hydrogens (primary N) is 1. The Balaban J connectivity index is 2.13. The van der Waals surface area contributed by atoms with Crippen molar-refractivity contribution < 1.29 is 4.39 Å². The lowest BCUT2D eigenvalue weighted by molar-refractivity contribution is 0.596. The predicted molar refractivity (Wildman–Crippen MR) is 80.8 cm³/mol. The Morgan fingerprint density at radius 2 is 2.00 bits per heavy atom. The summed E-state index contributed by atoms with van der Waals surface area (Å²) < 4.78 is 13.6. The fourth-order valence-electron chi connectivity index (χ4n) is 2.83. The lowest BCUT2D eigenvalue weighted by Gasteiger charge is -2.25. The number of hydrogen-bond donors (Lipinski definition) is 2. The Hall–Kier alpha value is -2.13. The molecule has 0 spiro atoms. The lowest BCUT2D eigenvalue weighted by Crippen LogP contribution is -2.19. The van der Waals surface area contributed by atoms with E-state index in [-0.39, 0.29) is 5.82 Å². The molecule has 2 aromatic rings. The number of rotatable bonds is 2. The molecule has 3 rings (SSSR count). The molecular formula is C17H17FN2. The molecule has 1 unspecified atom stereocenters. The van der Waals surface area contributed by atoms with Gasteiger partial charge in [0.1, 0.15) is 5.82 Å². The molecule has 3 heteroatoms. The Labute approximate surface area is 118 Å². The Kier molecular flexibility index (Phi) is 3.28. The highest BCUT2D eigenvalue weighted by Gasteiger charge is 2.21. The Morgan fingerprint density at radius 3 is 2.75 bits per heavy atom. The van der Waals surface area contributed by atoms with Crippen LogP contribution in [0.1, 0.15) is 29.2 Å². The monoisotopic (exact) mass is 268 g/mol. The third kappa shape index (κ3) is 2.21. The first-order valence-electron chi connectivity index (χ1n) is 6.72. The second-order valence-electron chi connectivity index (χ2n) is 5.06. The summed E-state index contributed by atoms with van der Waals surface area (Å²) in [4.78, 5) is 0. The molecule has 1 aliphatic carbocycles. The van der Waals surface area contributed by atoms with E-state index in [1.54, 1.807) is 6.07 Å². The maximum atomic E-state index is 13.6. The van der Waals surface area contributed by atoms with E-state index in [4.69, 9.17) is 5.73 Å². The van der Waals surface area contributed by atoms with Gasteiger partial charge in [0.05, 0.1) is 0 Å². The van der Waals surface area contributed by atoms with E-state index in [1.807, 2.05) is 25.2 Å². The zero-order chi connectivity index (χ0) is 14.1. The molecule has 0 aliphatic heterocycles. The van der Waals surface area contributed by atoms with Gasteiger partial charge in [-0.3, -0.25) is 0 Å². The average molecular weight is 268 g/mol. The number of anilines is 1. The Bertz CT molecular complexity index is 656. The second-order valence-corrected chi connectivity index (χ2v) is 5.06. The summed E-state index contributed by atoms with van der Waals surface area (Å²) in [6.45, 7) is 0. The van der Waals surface area contributed by atoms with Crippen molar-refractivity contribution >= 4 is 11.3 Å². The molecule has 3 N–H and O–H groups in total. The molecule has 0 amide bonds. The highest BCUT2D eigenvalue weighted by molar-refractivity contribution is 5.84. The lowest BCUT2D eigenvalue weighted by atomic mass is 9.84. The van der Waals surface area contributed by atoms with Crippen LogP contribution in [0.3, 0.4) is 0 Å². The van der Waals surface area contributed by atoms with Crippen LogP contribution in [-0.4, -0.2) is 7.05 Å². The van der Waals surface area contributed by atoms with Crippen LogP contribution in [0.15, 0.2) is 48.5 Å². The molecule has 0 saturated heterocycles. The van der Waals surface area contributed by atoms with E-state index >= 15 is 0 Å². The molecule has 0 heterocycles. The fraction of sp³-hybridized carbons (Fsp3) is 0.176. The molecule has 2 nitrogen and oxygen atoms in total. The average Bonchev–Trinajstić information content (AvgIpc) is 2.45. The van der Waals surface area contributed by atoms with Crippen molar-refractivity contribution in [3.8, 4) is 0 Å². The van der Waals surface area contributed by atoms with Crippen LogP contribution in [0.25, 0.3) is 5.57 Å². The molecule has 1 atom stereocenters. The molecule has 1 aliphatic rings. The first-order chi connectivity index (χ1) is 9.69. The summed E-state index contributed by atoms with van der Waals surface area (Å²) in [6.07, 6.45) is 3.04. The van der Waals surface area contributed by atoms with E-state index in [2.05, 4.69) is 23.5 Å². The predicted octanol–water partition coefficient (Wildman–Crippen LogP) is 3.50. The summed E-state index contributed by atoms with van der Waals surface area (Å²) in [5, 5.41) is 3.31. The van der Waals surface area contributed by atoms with Crippen LogP contribution in [0.2, 0.25) is 0 Å². The van der Waals surface area contributed by atoms with Gasteiger partial charge in [0.15, 0.2) is 0 Å². The van der Waals surface area contributed by atoms with Gasteiger partial charge in [-0.1, -0.05) is 30.3 Å². The van der Waals surface area contributed by atoms with Crippen molar-refractivity contribution in [2.45, 2.75) is 12.5 Å². The highest BCUT2D eigenvalue weighted by Crippen LogP contribution is 2.36. The molecule has 0 fully saturated rings. The SMILES string of the molecule is CNC1CC=C(c2cc(N)cc(F)c2)c2ccccc21. The van der Waals surface area contributed by atoms with Gasteiger partial charge in [-0.25, -0.2) is 4.39 Å². The van der Waals surface area contributed by atoms with Crippen molar-refractivity contribution in [2.75, 3.05) is 12.8 Å². The molecule has 0 bridgehead atoms. The zero-order valence-electron chi connectivity index (χ0n) is 11.4. The van der Waals surface area contributed by atoms with Crippen molar-refractivity contribution in [1.29, 1.82) is 0 Å². The molecule has 0 saturated carbocycles. The van der Waals surface area contributed by atoms with E-state index in [9.17, 15) is 4.39 Å². The van der Waals surface area contributed by atoms with Gasteiger partial charge in [-0.15, -0.1) is 0 Å². The van der Waals surface area contributed by atoms with Crippen LogP contribution in [0, 0.1) is 5.82 Å². The largest absolute Gasteiger partial charge is 0.399 e. The summed E-state index contributed by atoms with van der Waals surface area (Å²) >= 11 is 0. The quantitative estimate of drug-likeness (QED) is 0.818. The molecule has 2 aromatic carbocycles. The van der Waals surface area contributed by atoms with Crippen molar-refractivity contribution in [1.82, 2.24) is 5.32 Å². The highest BCUT2D eigenvalue weighted by atomic mass is 19.1. The summed E-state index contributed by atoms with van der Waals surface area (Å²) in [5.74, 6) is -0.297. The van der Waals surface area contributed by atoms with Gasteiger partial charge in [0.25, 0.3) is 0 Å². The van der Waals surface area contributed by atoms with E-state index < -0.39 is 0 Å². The van der Waals surface area contributed by atoms with Crippen molar-refractivity contribution in [3.05, 3.63) is 71.0 Å². The number of hydrogen-bond acceptors (Lipinski definition) is 2. The van der Waals surface area contributed by atoms with Crippen LogP contribution >= 0.6 is 0 Å². The number of nitrogens with one attached hydrogen (secondary N) is 1. The third-order valence-electron chi connectivity index (χ3n) is 3.76. The molecular weight excluding hydrogens is 251 g/mol. The maximum Gasteiger partial charge on any atom is 0.125 e. The van der Waals surface area contributed by atoms with Crippen LogP contribution < -0.4 is 11.1 Å². The van der Waals surface area contributed by atoms with Crippen LogP contribution in [-0.2, 0) is 0 Å². The van der Waals surface area contributed by atoms with Gasteiger partial charge in [-0.2, -0.15) is 0 Å². The number of fused-ring (bicyclic) bond motifs is 1. The van der Waals surface area contributed by atoms with Gasteiger partial charge in [0, 0.05) is 11.7 Å². The maximum absolute atomic E-state index is 13.6. The molecule has 0 aromatic heterocycles. The minimum absolute atomic E-state index is 0.297. The number of nitrogen functional groups attached to an aromatic ring is 1. The van der Waals surface area contributed by atoms with Gasteiger partial charge in [0.2, 0.25) is 0 Å². The normalized spacial score (nSPS) is 17.5.